The molecule has 2 N–H and O–H groups in total. The lowest BCUT2D eigenvalue weighted by Gasteiger charge is -2.38. The number of amides is 2. The fourth-order valence-corrected chi connectivity index (χ4v) is 4.40. The van der Waals surface area contributed by atoms with Gasteiger partial charge in [-0.2, -0.15) is 0 Å². The van der Waals surface area contributed by atoms with Gasteiger partial charge in [-0.3, -0.25) is 9.59 Å². The smallest absolute Gasteiger partial charge is 0.253 e. The zero-order valence-corrected chi connectivity index (χ0v) is 17.5. The molecule has 3 rings (SSSR count). The highest BCUT2D eigenvalue weighted by Crippen LogP contribution is 2.26. The maximum Gasteiger partial charge on any atom is 0.253 e. The molecule has 2 fully saturated rings. The number of methoxy groups -OCH3 is 1. The molecule has 0 unspecified atom stereocenters. The molecule has 2 aliphatic heterocycles. The molecule has 0 saturated carbocycles. The number of nitrogens with zero attached hydrogens (tertiary/aromatic N) is 2. The number of benzene rings is 1. The van der Waals surface area contributed by atoms with Crippen LogP contribution in [0.1, 0.15) is 49.4 Å². The van der Waals surface area contributed by atoms with Gasteiger partial charge in [0.25, 0.3) is 5.91 Å². The van der Waals surface area contributed by atoms with Crippen molar-refractivity contribution in [3.8, 4) is 5.75 Å². The lowest BCUT2D eigenvalue weighted by Crippen LogP contribution is -2.50. The lowest BCUT2D eigenvalue weighted by molar-refractivity contribution is -0.120. The Hall–Kier alpha value is -2.12. The first-order chi connectivity index (χ1) is 13.9. The summed E-state index contributed by atoms with van der Waals surface area (Å²) >= 11 is 0. The van der Waals surface area contributed by atoms with Gasteiger partial charge in [-0.15, -0.1) is 0 Å². The highest BCUT2D eigenvalue weighted by atomic mass is 16.5. The molecule has 160 valence electrons. The summed E-state index contributed by atoms with van der Waals surface area (Å²) in [4.78, 5) is 28.2. The van der Waals surface area contributed by atoms with E-state index in [9.17, 15) is 14.7 Å². The minimum absolute atomic E-state index is 0.00743. The van der Waals surface area contributed by atoms with E-state index in [-0.39, 0.29) is 17.9 Å². The number of nitrogens with one attached hydrogen (secondary N) is 1. The monoisotopic (exact) mass is 403 g/mol. The molecule has 0 radical (unpaired) electrons. The molecule has 2 amide bonds. The largest absolute Gasteiger partial charge is 0.497 e. The number of ether oxygens (including phenoxy) is 1. The first kappa shape index (κ1) is 21.6. The number of piperidine rings is 1. The fraction of sp³-hybridized carbons (Fsp3) is 0.636. The minimum atomic E-state index is -0.768. The number of β-amino-alcohol motifs (C(OH)–C–C–N with tert-alkyl or cyclic N) is 1. The summed E-state index contributed by atoms with van der Waals surface area (Å²) < 4.78 is 5.16. The van der Waals surface area contributed by atoms with Crippen LogP contribution in [0.2, 0.25) is 0 Å². The average Bonchev–Trinajstić information content (AvgIpc) is 2.90. The van der Waals surface area contributed by atoms with E-state index < -0.39 is 5.60 Å². The highest BCUT2D eigenvalue weighted by molar-refractivity contribution is 5.94. The molecule has 0 bridgehead atoms. The molecular weight excluding hydrogens is 370 g/mol. The van der Waals surface area contributed by atoms with Crippen LogP contribution in [0.4, 0.5) is 0 Å². The van der Waals surface area contributed by atoms with Gasteiger partial charge in [-0.05, 0) is 56.4 Å². The van der Waals surface area contributed by atoms with Crippen molar-refractivity contribution in [1.29, 1.82) is 0 Å². The van der Waals surface area contributed by atoms with Crippen LogP contribution >= 0.6 is 0 Å². The van der Waals surface area contributed by atoms with Crippen LogP contribution in [0.25, 0.3) is 0 Å². The van der Waals surface area contributed by atoms with Gasteiger partial charge in [0.15, 0.2) is 0 Å². The number of carbonyl (C=O) groups excluding carboxylic acids is 2. The Morgan fingerprint density at radius 1 is 1.14 bits per heavy atom. The number of likely N-dealkylation sites (tertiary alicyclic amines) is 2. The van der Waals surface area contributed by atoms with Gasteiger partial charge in [-0.25, -0.2) is 0 Å². The van der Waals surface area contributed by atoms with Crippen LogP contribution in [0, 0.1) is 0 Å². The zero-order valence-electron chi connectivity index (χ0n) is 17.5. The molecule has 7 heteroatoms. The maximum absolute atomic E-state index is 12.8. The first-order valence-corrected chi connectivity index (χ1v) is 10.5. The van der Waals surface area contributed by atoms with Crippen LogP contribution in [0.5, 0.6) is 5.75 Å². The molecule has 1 atom stereocenters. The molecule has 1 aromatic rings. The minimum Gasteiger partial charge on any atom is -0.497 e. The Morgan fingerprint density at radius 2 is 1.83 bits per heavy atom. The van der Waals surface area contributed by atoms with Gasteiger partial charge in [0.1, 0.15) is 5.75 Å². The molecule has 1 aromatic carbocycles. The van der Waals surface area contributed by atoms with Crippen LogP contribution in [0.3, 0.4) is 0 Å². The normalized spacial score (nSPS) is 24.0. The second-order valence-corrected chi connectivity index (χ2v) is 8.35. The number of rotatable bonds is 5. The number of carbonyl (C=O) groups is 2. The lowest BCUT2D eigenvalue weighted by atomic mass is 9.93. The van der Waals surface area contributed by atoms with E-state index in [0.29, 0.717) is 38.0 Å². The molecular formula is C22H33N3O4. The van der Waals surface area contributed by atoms with Crippen molar-refractivity contribution in [2.45, 2.75) is 50.7 Å². The topological polar surface area (TPSA) is 82.1 Å². The van der Waals surface area contributed by atoms with Crippen molar-refractivity contribution in [3.05, 3.63) is 29.8 Å². The summed E-state index contributed by atoms with van der Waals surface area (Å²) in [5, 5.41) is 14.2. The van der Waals surface area contributed by atoms with Crippen LogP contribution in [0.15, 0.2) is 24.3 Å². The first-order valence-electron chi connectivity index (χ1n) is 10.5. The van der Waals surface area contributed by atoms with Crippen molar-refractivity contribution in [1.82, 2.24) is 15.1 Å². The summed E-state index contributed by atoms with van der Waals surface area (Å²) in [5.41, 5.74) is -0.119. The number of aliphatic hydroxyl groups is 1. The van der Waals surface area contributed by atoms with Gasteiger partial charge in [0, 0.05) is 51.3 Å². The Morgan fingerprint density at radius 3 is 2.45 bits per heavy atom. The van der Waals surface area contributed by atoms with E-state index in [1.807, 2.05) is 4.90 Å². The number of hydrogen-bond donors (Lipinski definition) is 2. The Bertz CT molecular complexity index is 701. The van der Waals surface area contributed by atoms with Crippen molar-refractivity contribution < 1.29 is 19.4 Å². The summed E-state index contributed by atoms with van der Waals surface area (Å²) in [6.07, 6.45) is 3.90. The van der Waals surface area contributed by atoms with E-state index in [2.05, 4.69) is 10.2 Å². The third kappa shape index (κ3) is 5.93. The molecule has 2 aliphatic rings. The van der Waals surface area contributed by atoms with Gasteiger partial charge in [0.2, 0.25) is 5.91 Å². The van der Waals surface area contributed by atoms with Crippen LogP contribution < -0.4 is 10.1 Å². The van der Waals surface area contributed by atoms with Crippen molar-refractivity contribution in [3.63, 3.8) is 0 Å². The van der Waals surface area contributed by atoms with Gasteiger partial charge in [-0.1, -0.05) is 0 Å². The van der Waals surface area contributed by atoms with Gasteiger partial charge >= 0.3 is 0 Å². The van der Waals surface area contributed by atoms with E-state index in [1.165, 1.54) is 0 Å². The summed E-state index contributed by atoms with van der Waals surface area (Å²) in [6.45, 7) is 5.16. The third-order valence-electron chi connectivity index (χ3n) is 6.05. The standard InChI is InChI=1S/C22H33N3O4/c1-17(26)23-19-8-13-24(14-9-19)16-22(28)10-3-12-25(15-11-22)21(27)18-4-6-20(29-2)7-5-18/h4-7,19,28H,3,8-16H2,1-2H3,(H,23,26)/t22-/m1/s1. The van der Waals surface area contributed by atoms with E-state index in [4.69, 9.17) is 4.74 Å². The summed E-state index contributed by atoms with van der Waals surface area (Å²) in [5.74, 6) is 0.759. The third-order valence-corrected chi connectivity index (χ3v) is 6.05. The molecule has 2 heterocycles. The van der Waals surface area contributed by atoms with E-state index in [1.54, 1.807) is 38.3 Å². The second kappa shape index (κ2) is 9.59. The SMILES string of the molecule is COc1ccc(C(=O)N2CCC[C@](O)(CN3CCC(NC(C)=O)CC3)CC2)cc1. The fourth-order valence-electron chi connectivity index (χ4n) is 4.40. The van der Waals surface area contributed by atoms with Crippen LogP contribution in [-0.4, -0.2) is 78.2 Å². The molecule has 0 aromatic heterocycles. The Balaban J connectivity index is 1.52. The summed E-state index contributed by atoms with van der Waals surface area (Å²) in [6, 6.07) is 7.41. The maximum atomic E-state index is 12.8. The Kier molecular flexibility index (Phi) is 7.14. The molecule has 0 aliphatic carbocycles. The molecule has 0 spiro atoms. The van der Waals surface area contributed by atoms with E-state index in [0.717, 1.165) is 38.1 Å². The van der Waals surface area contributed by atoms with Crippen LogP contribution in [-0.2, 0) is 4.79 Å². The van der Waals surface area contributed by atoms with E-state index >= 15 is 0 Å². The highest BCUT2D eigenvalue weighted by Gasteiger charge is 2.34. The van der Waals surface area contributed by atoms with Crippen molar-refractivity contribution in [2.24, 2.45) is 0 Å². The number of hydrogen-bond acceptors (Lipinski definition) is 5. The quantitative estimate of drug-likeness (QED) is 0.781. The predicted molar refractivity (Wildman–Crippen MR) is 111 cm³/mol. The molecule has 29 heavy (non-hydrogen) atoms. The predicted octanol–water partition coefficient (Wildman–Crippen LogP) is 1.65. The van der Waals surface area contributed by atoms with Crippen molar-refractivity contribution in [2.75, 3.05) is 39.8 Å². The molecule has 7 nitrogen and oxygen atoms in total. The van der Waals surface area contributed by atoms with Gasteiger partial charge in [0.05, 0.1) is 12.7 Å². The van der Waals surface area contributed by atoms with Crippen molar-refractivity contribution >= 4 is 11.8 Å². The summed E-state index contributed by atoms with van der Waals surface area (Å²) in [7, 11) is 1.61. The Labute approximate surface area is 173 Å². The van der Waals surface area contributed by atoms with Gasteiger partial charge < -0.3 is 25.0 Å². The second-order valence-electron chi connectivity index (χ2n) is 8.35. The average molecular weight is 404 g/mol. The molecule has 2 saturated heterocycles. The zero-order chi connectivity index (χ0) is 20.9.